The van der Waals surface area contributed by atoms with Crippen LogP contribution in [0.2, 0.25) is 0 Å². The van der Waals surface area contributed by atoms with Crippen LogP contribution in [0.4, 0.5) is 0 Å². The summed E-state index contributed by atoms with van der Waals surface area (Å²) in [4.78, 5) is 27.0. The van der Waals surface area contributed by atoms with E-state index in [0.29, 0.717) is 31.0 Å². The number of benzene rings is 2. The van der Waals surface area contributed by atoms with Gasteiger partial charge in [0, 0.05) is 24.7 Å². The van der Waals surface area contributed by atoms with Crippen molar-refractivity contribution in [1.29, 1.82) is 0 Å². The average molecular weight is 411 g/mol. The van der Waals surface area contributed by atoms with Crippen molar-refractivity contribution in [1.82, 2.24) is 10.2 Å². The lowest BCUT2D eigenvalue weighted by Crippen LogP contribution is -2.49. The molecule has 0 radical (unpaired) electrons. The number of piperidine rings is 1. The van der Waals surface area contributed by atoms with Crippen LogP contribution in [0, 0.1) is 6.92 Å². The number of aryl methyl sites for hydroxylation is 1. The molecule has 0 aliphatic carbocycles. The Morgan fingerprint density at radius 1 is 1.10 bits per heavy atom. The SMILES string of the molecule is CCOc1ccc(C(=O)N2CCC(NC(=O)C(C)Oc3cccc(C)c3)CC2)cc1. The summed E-state index contributed by atoms with van der Waals surface area (Å²) in [5.41, 5.74) is 1.74. The third kappa shape index (κ3) is 5.75. The normalized spacial score (nSPS) is 15.4. The fourth-order valence-corrected chi connectivity index (χ4v) is 3.53. The summed E-state index contributed by atoms with van der Waals surface area (Å²) < 4.78 is 11.2. The van der Waals surface area contributed by atoms with Gasteiger partial charge in [0.15, 0.2) is 6.10 Å². The van der Waals surface area contributed by atoms with Gasteiger partial charge in [-0.2, -0.15) is 0 Å². The highest BCUT2D eigenvalue weighted by Crippen LogP contribution is 2.18. The minimum Gasteiger partial charge on any atom is -0.494 e. The third-order valence-corrected chi connectivity index (χ3v) is 5.21. The van der Waals surface area contributed by atoms with Gasteiger partial charge in [0.1, 0.15) is 11.5 Å². The van der Waals surface area contributed by atoms with E-state index in [1.165, 1.54) is 0 Å². The number of ether oxygens (including phenoxy) is 2. The average Bonchev–Trinajstić information content (AvgIpc) is 2.74. The summed E-state index contributed by atoms with van der Waals surface area (Å²) in [6, 6.07) is 14.9. The zero-order chi connectivity index (χ0) is 21.5. The number of carbonyl (C=O) groups is 2. The molecule has 30 heavy (non-hydrogen) atoms. The fraction of sp³-hybridized carbons (Fsp3) is 0.417. The lowest BCUT2D eigenvalue weighted by atomic mass is 10.0. The molecular formula is C24H30N2O4. The second kappa shape index (κ2) is 10.1. The van der Waals surface area contributed by atoms with Gasteiger partial charge in [0.05, 0.1) is 6.61 Å². The molecule has 1 aliphatic heterocycles. The highest BCUT2D eigenvalue weighted by atomic mass is 16.5. The zero-order valence-corrected chi connectivity index (χ0v) is 17.9. The van der Waals surface area contributed by atoms with Gasteiger partial charge in [-0.05, 0) is 75.6 Å². The largest absolute Gasteiger partial charge is 0.494 e. The van der Waals surface area contributed by atoms with Gasteiger partial charge in [-0.1, -0.05) is 12.1 Å². The van der Waals surface area contributed by atoms with Crippen LogP contribution in [0.5, 0.6) is 11.5 Å². The Morgan fingerprint density at radius 2 is 1.80 bits per heavy atom. The van der Waals surface area contributed by atoms with E-state index >= 15 is 0 Å². The Balaban J connectivity index is 1.46. The molecule has 1 N–H and O–H groups in total. The van der Waals surface area contributed by atoms with Gasteiger partial charge in [-0.15, -0.1) is 0 Å². The van der Waals surface area contributed by atoms with Crippen molar-refractivity contribution in [3.8, 4) is 11.5 Å². The van der Waals surface area contributed by atoms with Crippen LogP contribution in [-0.4, -0.2) is 48.6 Å². The van der Waals surface area contributed by atoms with Crippen molar-refractivity contribution in [2.75, 3.05) is 19.7 Å². The van der Waals surface area contributed by atoms with Crippen LogP contribution in [0.1, 0.15) is 42.6 Å². The number of hydrogen-bond donors (Lipinski definition) is 1. The van der Waals surface area contributed by atoms with Crippen molar-refractivity contribution in [3.05, 3.63) is 59.7 Å². The molecule has 2 aromatic carbocycles. The Kier molecular flexibility index (Phi) is 7.33. The number of carbonyl (C=O) groups excluding carboxylic acids is 2. The predicted molar refractivity (Wildman–Crippen MR) is 116 cm³/mol. The molecule has 6 nitrogen and oxygen atoms in total. The van der Waals surface area contributed by atoms with Gasteiger partial charge in [-0.25, -0.2) is 0 Å². The first-order valence-electron chi connectivity index (χ1n) is 10.5. The van der Waals surface area contributed by atoms with Crippen LogP contribution in [0.3, 0.4) is 0 Å². The maximum absolute atomic E-state index is 12.7. The Hall–Kier alpha value is -3.02. The molecule has 1 unspecified atom stereocenters. The molecule has 1 aliphatic rings. The number of nitrogens with zero attached hydrogens (tertiary/aromatic N) is 1. The second-order valence-electron chi connectivity index (χ2n) is 7.61. The molecule has 2 amide bonds. The monoisotopic (exact) mass is 410 g/mol. The van der Waals surface area contributed by atoms with Gasteiger partial charge in [0.25, 0.3) is 11.8 Å². The fourth-order valence-electron chi connectivity index (χ4n) is 3.53. The van der Waals surface area contributed by atoms with E-state index in [-0.39, 0.29) is 17.9 Å². The Bertz CT molecular complexity index is 858. The van der Waals surface area contributed by atoms with Crippen molar-refractivity contribution in [2.24, 2.45) is 0 Å². The number of hydrogen-bond acceptors (Lipinski definition) is 4. The minimum atomic E-state index is -0.574. The van der Waals surface area contributed by atoms with E-state index in [2.05, 4.69) is 5.32 Å². The number of rotatable bonds is 7. The lowest BCUT2D eigenvalue weighted by Gasteiger charge is -2.33. The van der Waals surface area contributed by atoms with Crippen molar-refractivity contribution >= 4 is 11.8 Å². The first-order valence-corrected chi connectivity index (χ1v) is 10.5. The van der Waals surface area contributed by atoms with E-state index in [4.69, 9.17) is 9.47 Å². The maximum Gasteiger partial charge on any atom is 0.260 e. The third-order valence-electron chi connectivity index (χ3n) is 5.21. The van der Waals surface area contributed by atoms with Gasteiger partial charge < -0.3 is 19.7 Å². The number of nitrogens with one attached hydrogen (secondary N) is 1. The molecule has 1 heterocycles. The molecule has 0 spiro atoms. The van der Waals surface area contributed by atoms with Crippen LogP contribution in [0.15, 0.2) is 48.5 Å². The molecule has 3 rings (SSSR count). The molecule has 6 heteroatoms. The highest BCUT2D eigenvalue weighted by Gasteiger charge is 2.26. The van der Waals surface area contributed by atoms with Crippen LogP contribution in [0.25, 0.3) is 0 Å². The summed E-state index contributed by atoms with van der Waals surface area (Å²) in [6.45, 7) is 7.50. The van der Waals surface area contributed by atoms with E-state index in [0.717, 1.165) is 24.2 Å². The van der Waals surface area contributed by atoms with Crippen molar-refractivity contribution < 1.29 is 19.1 Å². The lowest BCUT2D eigenvalue weighted by molar-refractivity contribution is -0.128. The highest BCUT2D eigenvalue weighted by molar-refractivity contribution is 5.94. The first kappa shape index (κ1) is 21.7. The van der Waals surface area contributed by atoms with Gasteiger partial charge in [-0.3, -0.25) is 9.59 Å². The molecule has 0 aromatic heterocycles. The molecule has 0 bridgehead atoms. The summed E-state index contributed by atoms with van der Waals surface area (Å²) in [6.07, 6.45) is 0.882. The smallest absolute Gasteiger partial charge is 0.260 e. The second-order valence-corrected chi connectivity index (χ2v) is 7.61. The van der Waals surface area contributed by atoms with Crippen LogP contribution >= 0.6 is 0 Å². The van der Waals surface area contributed by atoms with Gasteiger partial charge in [0.2, 0.25) is 0 Å². The van der Waals surface area contributed by atoms with Crippen LogP contribution < -0.4 is 14.8 Å². The Morgan fingerprint density at radius 3 is 2.43 bits per heavy atom. The molecule has 0 saturated carbocycles. The predicted octanol–water partition coefficient (Wildman–Crippen LogP) is 3.58. The number of likely N-dealkylation sites (tertiary alicyclic amines) is 1. The molecule has 1 saturated heterocycles. The van der Waals surface area contributed by atoms with Crippen molar-refractivity contribution in [3.63, 3.8) is 0 Å². The van der Waals surface area contributed by atoms with E-state index < -0.39 is 6.10 Å². The van der Waals surface area contributed by atoms with E-state index in [1.54, 1.807) is 19.1 Å². The summed E-state index contributed by atoms with van der Waals surface area (Å²) in [5, 5.41) is 3.06. The standard InChI is InChI=1S/C24H30N2O4/c1-4-29-21-10-8-19(9-11-21)24(28)26-14-12-20(13-15-26)25-23(27)18(3)30-22-7-5-6-17(2)16-22/h5-11,16,18,20H,4,12-15H2,1-3H3,(H,25,27). The quantitative estimate of drug-likeness (QED) is 0.758. The Labute approximate surface area is 178 Å². The van der Waals surface area contributed by atoms with E-state index in [9.17, 15) is 9.59 Å². The van der Waals surface area contributed by atoms with E-state index in [1.807, 2.05) is 55.1 Å². The minimum absolute atomic E-state index is 0.0129. The molecule has 1 fully saturated rings. The summed E-state index contributed by atoms with van der Waals surface area (Å²) in [7, 11) is 0. The zero-order valence-electron chi connectivity index (χ0n) is 17.9. The molecular weight excluding hydrogens is 380 g/mol. The summed E-state index contributed by atoms with van der Waals surface area (Å²) in [5.74, 6) is 1.33. The van der Waals surface area contributed by atoms with Crippen LogP contribution in [-0.2, 0) is 4.79 Å². The maximum atomic E-state index is 12.7. The number of amides is 2. The molecule has 1 atom stereocenters. The first-order chi connectivity index (χ1) is 14.5. The summed E-state index contributed by atoms with van der Waals surface area (Å²) >= 11 is 0. The molecule has 160 valence electrons. The van der Waals surface area contributed by atoms with Crippen molar-refractivity contribution in [2.45, 2.75) is 45.8 Å². The topological polar surface area (TPSA) is 67.9 Å². The van der Waals surface area contributed by atoms with Gasteiger partial charge >= 0.3 is 0 Å². The molecule has 2 aromatic rings.